The minimum absolute atomic E-state index is 0. The molecule has 0 radical (unpaired) electrons. The molecule has 1 atom stereocenters. The van der Waals surface area contributed by atoms with Gasteiger partial charge in [-0.2, -0.15) is 5.10 Å². The van der Waals surface area contributed by atoms with Crippen molar-refractivity contribution in [3.8, 4) is 0 Å². The second-order valence-electron chi connectivity index (χ2n) is 6.84. The zero-order valence-electron chi connectivity index (χ0n) is 18.9. The molecule has 2 aliphatic rings. The molecule has 4 heteroatoms. The number of aryl methyl sites for hydroxylation is 3. The summed E-state index contributed by atoms with van der Waals surface area (Å²) in [4.78, 5) is 14.4. The van der Waals surface area contributed by atoms with Crippen molar-refractivity contribution in [1.82, 2.24) is 5.43 Å². The summed E-state index contributed by atoms with van der Waals surface area (Å²) in [5.41, 5.74) is 8.43. The Morgan fingerprint density at radius 2 is 1.58 bits per heavy atom. The molecule has 3 nitrogen and oxygen atoms in total. The third-order valence-corrected chi connectivity index (χ3v) is 6.25. The van der Waals surface area contributed by atoms with Crippen molar-refractivity contribution >= 4 is 22.6 Å². The molecule has 31 heavy (non-hydrogen) atoms. The van der Waals surface area contributed by atoms with Crippen LogP contribution in [0, 0.1) is 0 Å². The number of hydrogen-bond acceptors (Lipinski definition) is 4. The molecule has 0 amide bonds. The molecule has 4 rings (SSSR count). The zero-order chi connectivity index (χ0) is 22.1. The summed E-state index contributed by atoms with van der Waals surface area (Å²) in [6, 6.07) is 12.5. The largest absolute Gasteiger partial charge is 0.303 e. The lowest BCUT2D eigenvalue weighted by Crippen LogP contribution is -2.20. The highest BCUT2D eigenvalue weighted by Crippen LogP contribution is 2.39. The van der Waals surface area contributed by atoms with E-state index in [1.165, 1.54) is 5.56 Å². The van der Waals surface area contributed by atoms with Gasteiger partial charge >= 0.3 is 0 Å². The lowest BCUT2D eigenvalue weighted by Gasteiger charge is -2.22. The van der Waals surface area contributed by atoms with E-state index in [0.29, 0.717) is 0 Å². The number of ketones is 1. The quantitative estimate of drug-likeness (QED) is 0.406. The van der Waals surface area contributed by atoms with Crippen LogP contribution in [-0.4, -0.2) is 16.9 Å². The molecule has 0 aromatic heterocycles. The van der Waals surface area contributed by atoms with Gasteiger partial charge in [0.25, 0.3) is 0 Å². The number of benzene rings is 2. The van der Waals surface area contributed by atoms with Crippen LogP contribution >= 0.6 is 11.8 Å². The van der Waals surface area contributed by atoms with Gasteiger partial charge in [-0.15, -0.1) is 6.58 Å². The predicted octanol–water partition coefficient (Wildman–Crippen LogP) is 7.22. The van der Waals surface area contributed by atoms with Crippen LogP contribution in [0.2, 0.25) is 0 Å². The molecule has 1 N–H and O–H groups in total. The minimum atomic E-state index is 0. The lowest BCUT2D eigenvalue weighted by atomic mass is 9.95. The van der Waals surface area contributed by atoms with Crippen LogP contribution in [0.5, 0.6) is 0 Å². The van der Waals surface area contributed by atoms with Gasteiger partial charge in [0.1, 0.15) is 0 Å². The van der Waals surface area contributed by atoms with E-state index in [0.717, 1.165) is 57.9 Å². The number of fused-ring (bicyclic) bond motifs is 4. The highest BCUT2D eigenvalue weighted by atomic mass is 32.2. The topological polar surface area (TPSA) is 41.5 Å². The SMILES string of the molecule is C.C=CC(C)N/N=C1\CCc2ccc3c(c2S1)C(=O)c1ccccc1CC3.CC.CC. The maximum absolute atomic E-state index is 13.3. The van der Waals surface area contributed by atoms with Gasteiger partial charge in [-0.1, -0.05) is 89.4 Å². The van der Waals surface area contributed by atoms with Crippen molar-refractivity contribution in [2.75, 3.05) is 0 Å². The Morgan fingerprint density at radius 1 is 0.968 bits per heavy atom. The number of rotatable bonds is 3. The first-order valence-electron chi connectivity index (χ1n) is 11.1. The summed E-state index contributed by atoms with van der Waals surface area (Å²) >= 11 is 1.64. The molecule has 0 saturated heterocycles. The molecule has 1 heterocycles. The lowest BCUT2D eigenvalue weighted by molar-refractivity contribution is 0.103. The fourth-order valence-electron chi connectivity index (χ4n) is 3.52. The Kier molecular flexibility index (Phi) is 11.3. The first kappa shape index (κ1) is 26.7. The van der Waals surface area contributed by atoms with Gasteiger partial charge in [0, 0.05) is 22.4 Å². The molecule has 1 aliphatic heterocycles. The fraction of sp³-hybridized carbons (Fsp3) is 0.407. The van der Waals surface area contributed by atoms with E-state index in [1.54, 1.807) is 11.8 Å². The third kappa shape index (κ3) is 6.10. The monoisotopic (exact) mass is 438 g/mol. The molecular formula is C27H38N2OS. The summed E-state index contributed by atoms with van der Waals surface area (Å²) in [6.07, 6.45) is 5.48. The second kappa shape index (κ2) is 13.2. The highest BCUT2D eigenvalue weighted by molar-refractivity contribution is 8.14. The number of carbonyl (C=O) groups excluding carboxylic acids is 1. The van der Waals surface area contributed by atoms with Crippen molar-refractivity contribution in [2.24, 2.45) is 5.10 Å². The zero-order valence-corrected chi connectivity index (χ0v) is 19.7. The smallest absolute Gasteiger partial charge is 0.194 e. The van der Waals surface area contributed by atoms with Crippen LogP contribution in [-0.2, 0) is 19.3 Å². The van der Waals surface area contributed by atoms with Gasteiger partial charge in [-0.05, 0) is 42.9 Å². The maximum atomic E-state index is 13.3. The molecule has 1 aliphatic carbocycles. The molecule has 0 fully saturated rings. The average Bonchev–Trinajstić information content (AvgIpc) is 2.97. The summed E-state index contributed by atoms with van der Waals surface area (Å²) in [5.74, 6) is 0.158. The number of hydrogen-bond donors (Lipinski definition) is 1. The standard InChI is InChI=1S/C22H22N2OS.2C2H6.CH4/c1-3-14(2)23-24-19-13-12-17-11-10-16-9-8-15-6-4-5-7-18(15)21(25)20(16)22(17)26-19;2*1-2;/h3-7,10-11,14,23H,1,8-9,12-13H2,2H3;2*1-2H3;1H4/b24-19+;;;. The van der Waals surface area contributed by atoms with E-state index in [4.69, 9.17) is 0 Å². The molecule has 168 valence electrons. The van der Waals surface area contributed by atoms with Gasteiger partial charge in [-0.3, -0.25) is 4.79 Å². The molecule has 0 saturated carbocycles. The van der Waals surface area contributed by atoms with Crippen LogP contribution in [0.3, 0.4) is 0 Å². The van der Waals surface area contributed by atoms with E-state index in [1.807, 2.05) is 58.9 Å². The Bertz CT molecular complexity index is 917. The molecule has 0 spiro atoms. The summed E-state index contributed by atoms with van der Waals surface area (Å²) in [6.45, 7) is 13.8. The van der Waals surface area contributed by atoms with Crippen molar-refractivity contribution in [2.45, 2.75) is 78.7 Å². The van der Waals surface area contributed by atoms with E-state index >= 15 is 0 Å². The first-order chi connectivity index (χ1) is 14.7. The number of nitrogens with zero attached hydrogens (tertiary/aromatic N) is 1. The van der Waals surface area contributed by atoms with Crippen molar-refractivity contribution in [1.29, 1.82) is 0 Å². The van der Waals surface area contributed by atoms with Gasteiger partial charge < -0.3 is 5.43 Å². The molecular weight excluding hydrogens is 400 g/mol. The van der Waals surface area contributed by atoms with Crippen molar-refractivity contribution in [3.63, 3.8) is 0 Å². The van der Waals surface area contributed by atoms with Crippen LogP contribution in [0.1, 0.15) is 81.1 Å². The van der Waals surface area contributed by atoms with Crippen LogP contribution in [0.25, 0.3) is 0 Å². The number of carbonyl (C=O) groups is 1. The van der Waals surface area contributed by atoms with Crippen molar-refractivity contribution in [3.05, 3.63) is 76.9 Å². The van der Waals surface area contributed by atoms with Gasteiger partial charge in [-0.25, -0.2) is 0 Å². The van der Waals surface area contributed by atoms with Gasteiger partial charge in [0.05, 0.1) is 11.1 Å². The normalized spacial score (nSPS) is 15.8. The number of hydrazone groups is 1. The Morgan fingerprint density at radius 3 is 2.29 bits per heavy atom. The molecule has 2 aromatic carbocycles. The molecule has 0 bridgehead atoms. The molecule has 2 aromatic rings. The Balaban J connectivity index is 0.000000910. The first-order valence-corrected chi connectivity index (χ1v) is 11.9. The Hall–Kier alpha value is -2.33. The van der Waals surface area contributed by atoms with E-state index in [-0.39, 0.29) is 19.3 Å². The number of nitrogens with one attached hydrogen (secondary N) is 1. The van der Waals surface area contributed by atoms with Gasteiger partial charge in [0.2, 0.25) is 0 Å². The predicted molar refractivity (Wildman–Crippen MR) is 138 cm³/mol. The van der Waals surface area contributed by atoms with E-state index in [2.05, 4.69) is 35.3 Å². The summed E-state index contributed by atoms with van der Waals surface area (Å²) < 4.78 is 0. The average molecular weight is 439 g/mol. The third-order valence-electron chi connectivity index (χ3n) is 5.05. The second-order valence-corrected chi connectivity index (χ2v) is 7.92. The van der Waals surface area contributed by atoms with Gasteiger partial charge in [0.15, 0.2) is 5.78 Å². The fourth-order valence-corrected chi connectivity index (χ4v) is 4.68. The minimum Gasteiger partial charge on any atom is -0.303 e. The van der Waals surface area contributed by atoms with E-state index < -0.39 is 0 Å². The highest BCUT2D eigenvalue weighted by Gasteiger charge is 2.28. The van der Waals surface area contributed by atoms with Crippen molar-refractivity contribution < 1.29 is 4.79 Å². The Labute approximate surface area is 193 Å². The van der Waals surface area contributed by atoms with Crippen LogP contribution < -0.4 is 5.43 Å². The molecule has 1 unspecified atom stereocenters. The van der Waals surface area contributed by atoms with Crippen LogP contribution in [0.15, 0.2) is 59.1 Å². The van der Waals surface area contributed by atoms with Crippen LogP contribution in [0.4, 0.5) is 0 Å². The maximum Gasteiger partial charge on any atom is 0.194 e. The summed E-state index contributed by atoms with van der Waals surface area (Å²) in [5, 5.41) is 5.57. The number of thioether (sulfide) groups is 1. The summed E-state index contributed by atoms with van der Waals surface area (Å²) in [7, 11) is 0. The van der Waals surface area contributed by atoms with E-state index in [9.17, 15) is 4.79 Å².